The number of hydrogen-bond acceptors (Lipinski definition) is 3. The highest BCUT2D eigenvalue weighted by Gasteiger charge is 2.27. The van der Waals surface area contributed by atoms with Crippen LogP contribution in [0.5, 0.6) is 0 Å². The van der Waals surface area contributed by atoms with Crippen molar-refractivity contribution in [2.45, 2.75) is 52.5 Å². The minimum absolute atomic E-state index is 0.170. The molecule has 0 aromatic rings. The Hall–Kier alpha value is -0.570. The van der Waals surface area contributed by atoms with Crippen molar-refractivity contribution in [1.29, 1.82) is 0 Å². The van der Waals surface area contributed by atoms with E-state index in [-0.39, 0.29) is 5.97 Å². The lowest BCUT2D eigenvalue weighted by Gasteiger charge is -2.23. The standard InChI is InChI=1S/C11H23NO2/c1-5-7-8-9-12-11(3,4)10(13)14-6-2/h12H,5-9H2,1-4H3. The molecule has 0 fully saturated rings. The molecule has 3 nitrogen and oxygen atoms in total. The highest BCUT2D eigenvalue weighted by molar-refractivity contribution is 5.79. The molecule has 0 aromatic heterocycles. The molecule has 84 valence electrons. The normalized spacial score (nSPS) is 11.4. The van der Waals surface area contributed by atoms with E-state index in [9.17, 15) is 4.79 Å². The van der Waals surface area contributed by atoms with Crippen molar-refractivity contribution in [1.82, 2.24) is 5.32 Å². The summed E-state index contributed by atoms with van der Waals surface area (Å²) in [5.41, 5.74) is -0.552. The van der Waals surface area contributed by atoms with Crippen LogP contribution in [0, 0.1) is 0 Å². The average Bonchev–Trinajstić information content (AvgIpc) is 2.13. The fourth-order valence-corrected chi connectivity index (χ4v) is 1.16. The van der Waals surface area contributed by atoms with Crippen LogP contribution in [0.1, 0.15) is 47.0 Å². The molecular weight excluding hydrogens is 178 g/mol. The van der Waals surface area contributed by atoms with E-state index in [1.165, 1.54) is 12.8 Å². The number of ether oxygens (including phenoxy) is 1. The monoisotopic (exact) mass is 201 g/mol. The summed E-state index contributed by atoms with van der Waals surface area (Å²) in [6, 6.07) is 0. The number of esters is 1. The summed E-state index contributed by atoms with van der Waals surface area (Å²) in [4.78, 5) is 11.4. The zero-order chi connectivity index (χ0) is 11.0. The van der Waals surface area contributed by atoms with Crippen molar-refractivity contribution in [2.75, 3.05) is 13.2 Å². The fourth-order valence-electron chi connectivity index (χ4n) is 1.16. The predicted octanol–water partition coefficient (Wildman–Crippen LogP) is 2.11. The number of carbonyl (C=O) groups excluding carboxylic acids is 1. The zero-order valence-electron chi connectivity index (χ0n) is 9.85. The van der Waals surface area contributed by atoms with Crippen molar-refractivity contribution in [3.63, 3.8) is 0 Å². The van der Waals surface area contributed by atoms with Crippen molar-refractivity contribution in [3.05, 3.63) is 0 Å². The van der Waals surface area contributed by atoms with Crippen molar-refractivity contribution >= 4 is 5.97 Å². The van der Waals surface area contributed by atoms with Gasteiger partial charge in [-0.3, -0.25) is 4.79 Å². The zero-order valence-corrected chi connectivity index (χ0v) is 9.85. The van der Waals surface area contributed by atoms with Gasteiger partial charge in [-0.2, -0.15) is 0 Å². The van der Waals surface area contributed by atoms with Gasteiger partial charge < -0.3 is 10.1 Å². The molecule has 0 aliphatic rings. The summed E-state index contributed by atoms with van der Waals surface area (Å²) >= 11 is 0. The quantitative estimate of drug-likeness (QED) is 0.506. The van der Waals surface area contributed by atoms with Crippen LogP contribution in [0.15, 0.2) is 0 Å². The first-order valence-corrected chi connectivity index (χ1v) is 5.46. The van der Waals surface area contributed by atoms with Gasteiger partial charge in [0, 0.05) is 0 Å². The van der Waals surface area contributed by atoms with E-state index < -0.39 is 5.54 Å². The van der Waals surface area contributed by atoms with Gasteiger partial charge >= 0.3 is 5.97 Å². The van der Waals surface area contributed by atoms with E-state index in [2.05, 4.69) is 12.2 Å². The fraction of sp³-hybridized carbons (Fsp3) is 0.909. The van der Waals surface area contributed by atoms with Gasteiger partial charge in [0.1, 0.15) is 5.54 Å². The molecule has 0 radical (unpaired) electrons. The maximum Gasteiger partial charge on any atom is 0.325 e. The molecule has 0 atom stereocenters. The largest absolute Gasteiger partial charge is 0.465 e. The minimum atomic E-state index is -0.552. The molecule has 0 aliphatic heterocycles. The maximum atomic E-state index is 11.4. The highest BCUT2D eigenvalue weighted by atomic mass is 16.5. The minimum Gasteiger partial charge on any atom is -0.465 e. The van der Waals surface area contributed by atoms with Crippen molar-refractivity contribution in [3.8, 4) is 0 Å². The van der Waals surface area contributed by atoms with Gasteiger partial charge in [-0.25, -0.2) is 0 Å². The molecule has 0 saturated heterocycles. The second-order valence-corrected chi connectivity index (χ2v) is 3.98. The van der Waals surface area contributed by atoms with E-state index in [1.807, 2.05) is 20.8 Å². The lowest BCUT2D eigenvalue weighted by atomic mass is 10.1. The molecule has 0 aliphatic carbocycles. The number of unbranched alkanes of at least 4 members (excludes halogenated alkanes) is 2. The number of rotatable bonds is 7. The average molecular weight is 201 g/mol. The van der Waals surface area contributed by atoms with Gasteiger partial charge in [-0.1, -0.05) is 19.8 Å². The number of nitrogens with one attached hydrogen (secondary N) is 1. The van der Waals surface area contributed by atoms with Gasteiger partial charge in [0.2, 0.25) is 0 Å². The molecular formula is C11H23NO2. The maximum absolute atomic E-state index is 11.4. The van der Waals surface area contributed by atoms with Crippen LogP contribution in [-0.4, -0.2) is 24.7 Å². The summed E-state index contributed by atoms with van der Waals surface area (Å²) in [7, 11) is 0. The Balaban J connectivity index is 3.76. The molecule has 0 saturated carbocycles. The van der Waals surface area contributed by atoms with Gasteiger partial charge in [-0.15, -0.1) is 0 Å². The van der Waals surface area contributed by atoms with Crippen LogP contribution in [0.2, 0.25) is 0 Å². The molecule has 0 unspecified atom stereocenters. The Kier molecular flexibility index (Phi) is 6.54. The molecule has 0 rings (SSSR count). The molecule has 1 N–H and O–H groups in total. The summed E-state index contributed by atoms with van der Waals surface area (Å²) in [6.07, 6.45) is 3.51. The van der Waals surface area contributed by atoms with Crippen LogP contribution >= 0.6 is 0 Å². The third-order valence-electron chi connectivity index (χ3n) is 2.13. The molecule has 3 heteroatoms. The van der Waals surface area contributed by atoms with Gasteiger partial charge in [0.25, 0.3) is 0 Å². The molecule has 0 aromatic carbocycles. The van der Waals surface area contributed by atoms with E-state index >= 15 is 0 Å². The van der Waals surface area contributed by atoms with E-state index in [0.717, 1.165) is 13.0 Å². The van der Waals surface area contributed by atoms with Gasteiger partial charge in [0.15, 0.2) is 0 Å². The molecule has 0 amide bonds. The first-order valence-electron chi connectivity index (χ1n) is 5.46. The first kappa shape index (κ1) is 13.4. The van der Waals surface area contributed by atoms with E-state index in [1.54, 1.807) is 0 Å². The molecule has 14 heavy (non-hydrogen) atoms. The summed E-state index contributed by atoms with van der Waals surface area (Å²) in [6.45, 7) is 9.02. The van der Waals surface area contributed by atoms with Crippen molar-refractivity contribution in [2.24, 2.45) is 0 Å². The molecule has 0 spiro atoms. The van der Waals surface area contributed by atoms with Crippen LogP contribution < -0.4 is 5.32 Å². The summed E-state index contributed by atoms with van der Waals surface area (Å²) in [5.74, 6) is -0.170. The molecule has 0 heterocycles. The van der Waals surface area contributed by atoms with Crippen molar-refractivity contribution < 1.29 is 9.53 Å². The Morgan fingerprint density at radius 2 is 1.93 bits per heavy atom. The number of carbonyl (C=O) groups is 1. The van der Waals surface area contributed by atoms with Crippen LogP contribution in [-0.2, 0) is 9.53 Å². The van der Waals surface area contributed by atoms with Crippen LogP contribution in [0.25, 0.3) is 0 Å². The first-order chi connectivity index (χ1) is 6.54. The topological polar surface area (TPSA) is 38.3 Å². The lowest BCUT2D eigenvalue weighted by molar-refractivity contribution is -0.149. The van der Waals surface area contributed by atoms with Gasteiger partial charge in [-0.05, 0) is 33.7 Å². The molecule has 0 bridgehead atoms. The third kappa shape index (κ3) is 5.22. The second-order valence-electron chi connectivity index (χ2n) is 3.98. The van der Waals surface area contributed by atoms with Crippen LogP contribution in [0.3, 0.4) is 0 Å². The Morgan fingerprint density at radius 3 is 2.43 bits per heavy atom. The van der Waals surface area contributed by atoms with Crippen LogP contribution in [0.4, 0.5) is 0 Å². The van der Waals surface area contributed by atoms with E-state index in [0.29, 0.717) is 6.61 Å². The highest BCUT2D eigenvalue weighted by Crippen LogP contribution is 2.05. The SMILES string of the molecule is CCCCCNC(C)(C)C(=O)OCC. The predicted molar refractivity (Wildman–Crippen MR) is 58.2 cm³/mol. The second kappa shape index (κ2) is 6.82. The summed E-state index contributed by atoms with van der Waals surface area (Å²) in [5, 5.41) is 3.20. The summed E-state index contributed by atoms with van der Waals surface area (Å²) < 4.78 is 4.96. The Labute approximate surface area is 87.2 Å². The number of hydrogen-bond donors (Lipinski definition) is 1. The Morgan fingerprint density at radius 1 is 1.29 bits per heavy atom. The van der Waals surface area contributed by atoms with Gasteiger partial charge in [0.05, 0.1) is 6.61 Å². The third-order valence-corrected chi connectivity index (χ3v) is 2.13. The Bertz CT molecular complexity index is 167. The van der Waals surface area contributed by atoms with E-state index in [4.69, 9.17) is 4.74 Å². The smallest absolute Gasteiger partial charge is 0.325 e. The lowest BCUT2D eigenvalue weighted by Crippen LogP contribution is -2.48.